The maximum absolute atomic E-state index is 12.8. The third-order valence-electron chi connectivity index (χ3n) is 2.13. The Labute approximate surface area is 99.7 Å². The van der Waals surface area contributed by atoms with E-state index in [-0.39, 0.29) is 0 Å². The molecule has 0 fully saturated rings. The van der Waals surface area contributed by atoms with Crippen LogP contribution >= 0.6 is 0 Å². The summed E-state index contributed by atoms with van der Waals surface area (Å²) in [7, 11) is 0. The Morgan fingerprint density at radius 1 is 0.684 bits per heavy atom. The van der Waals surface area contributed by atoms with E-state index in [0.717, 1.165) is 0 Å². The Morgan fingerprint density at radius 3 is 1.37 bits per heavy atom. The Morgan fingerprint density at radius 2 is 1.05 bits per heavy atom. The van der Waals surface area contributed by atoms with Crippen LogP contribution in [-0.2, 0) is 0 Å². The van der Waals surface area contributed by atoms with Crippen molar-refractivity contribution in [1.29, 1.82) is 0 Å². The molecule has 0 radical (unpaired) electrons. The van der Waals surface area contributed by atoms with Crippen LogP contribution in [0.2, 0.25) is 0 Å². The first-order chi connectivity index (χ1) is 8.12. The molecule has 0 saturated carbocycles. The van der Waals surface area contributed by atoms with Crippen LogP contribution < -0.4 is 0 Å². The summed E-state index contributed by atoms with van der Waals surface area (Å²) in [6.45, 7) is 0. The molecule has 0 aromatic heterocycles. The molecule has 1 unspecified atom stereocenters. The maximum Gasteiger partial charge on any atom is 0.453 e. The van der Waals surface area contributed by atoms with Gasteiger partial charge in [-0.1, -0.05) is 0 Å². The Balaban J connectivity index is 4.80. The van der Waals surface area contributed by atoms with E-state index in [1.807, 2.05) is 0 Å². The van der Waals surface area contributed by atoms with Gasteiger partial charge < -0.3 is 5.11 Å². The maximum atomic E-state index is 12.8. The van der Waals surface area contributed by atoms with Crippen molar-refractivity contribution in [3.63, 3.8) is 0 Å². The van der Waals surface area contributed by atoms with Crippen LogP contribution in [0.4, 0.5) is 43.9 Å². The smallest absolute Gasteiger partial charge is 0.364 e. The molecule has 1 atom stereocenters. The van der Waals surface area contributed by atoms with Gasteiger partial charge in [-0.15, -0.1) is 0 Å². The highest BCUT2D eigenvalue weighted by Gasteiger charge is 2.62. The normalized spacial score (nSPS) is 16.6. The zero-order chi connectivity index (χ0) is 15.7. The highest BCUT2D eigenvalue weighted by atomic mass is 19.4. The van der Waals surface area contributed by atoms with Crippen molar-refractivity contribution in [3.8, 4) is 0 Å². The first kappa shape index (κ1) is 18.3. The van der Waals surface area contributed by atoms with Gasteiger partial charge in [-0.25, -0.2) is 4.39 Å². The number of rotatable bonds is 6. The average molecular weight is 310 g/mol. The van der Waals surface area contributed by atoms with Gasteiger partial charge in [0.05, 0.1) is 6.42 Å². The molecular formula is C8H8F10O. The van der Waals surface area contributed by atoms with Gasteiger partial charge in [0, 0.05) is 12.8 Å². The second-order valence-electron chi connectivity index (χ2n) is 3.75. The lowest BCUT2D eigenvalue weighted by atomic mass is 10.0. The van der Waals surface area contributed by atoms with E-state index in [1.165, 1.54) is 0 Å². The SMILES string of the molecule is OC(F)CC(F)(F)C(F)(F)CCC(F)(F)C(F)(F)F. The number of aliphatic hydroxyl groups is 1. The third-order valence-corrected chi connectivity index (χ3v) is 2.13. The van der Waals surface area contributed by atoms with Crippen LogP contribution in [0.15, 0.2) is 0 Å². The van der Waals surface area contributed by atoms with Gasteiger partial charge in [-0.05, 0) is 0 Å². The van der Waals surface area contributed by atoms with Gasteiger partial charge in [0.25, 0.3) is 0 Å². The molecule has 0 aromatic rings. The molecule has 0 aliphatic carbocycles. The lowest BCUT2D eigenvalue weighted by Gasteiger charge is -2.28. The number of alkyl halides is 10. The summed E-state index contributed by atoms with van der Waals surface area (Å²) >= 11 is 0. The predicted molar refractivity (Wildman–Crippen MR) is 41.9 cm³/mol. The van der Waals surface area contributed by atoms with Crippen molar-refractivity contribution in [2.45, 2.75) is 49.6 Å². The fourth-order valence-electron chi connectivity index (χ4n) is 0.999. The van der Waals surface area contributed by atoms with E-state index in [1.54, 1.807) is 0 Å². The number of halogens is 10. The van der Waals surface area contributed by atoms with Crippen molar-refractivity contribution < 1.29 is 49.0 Å². The van der Waals surface area contributed by atoms with E-state index in [4.69, 9.17) is 5.11 Å². The summed E-state index contributed by atoms with van der Waals surface area (Å²) in [5.74, 6) is -16.1. The summed E-state index contributed by atoms with van der Waals surface area (Å²) in [6, 6.07) is 0. The largest absolute Gasteiger partial charge is 0.453 e. The van der Waals surface area contributed by atoms with Crippen molar-refractivity contribution in [3.05, 3.63) is 0 Å². The average Bonchev–Trinajstić information content (AvgIpc) is 2.10. The molecule has 0 aliphatic rings. The molecule has 19 heavy (non-hydrogen) atoms. The summed E-state index contributed by atoms with van der Waals surface area (Å²) in [6.07, 6.45) is -17.0. The van der Waals surface area contributed by atoms with Crippen LogP contribution in [0, 0.1) is 0 Å². The van der Waals surface area contributed by atoms with E-state index in [2.05, 4.69) is 0 Å². The standard InChI is InChI=1S/C8H8F10O/c9-4(19)3-7(14,15)5(10,11)1-2-6(12,13)8(16,17)18/h4,19H,1-3H2. The molecule has 0 rings (SSSR count). The summed E-state index contributed by atoms with van der Waals surface area (Å²) < 4.78 is 122. The van der Waals surface area contributed by atoms with Crippen molar-refractivity contribution in [1.82, 2.24) is 0 Å². The van der Waals surface area contributed by atoms with Gasteiger partial charge >= 0.3 is 23.9 Å². The molecular weight excluding hydrogens is 302 g/mol. The minimum Gasteiger partial charge on any atom is -0.364 e. The lowest BCUT2D eigenvalue weighted by molar-refractivity contribution is -0.295. The fraction of sp³-hybridized carbons (Fsp3) is 1.00. The number of hydrogen-bond acceptors (Lipinski definition) is 1. The summed E-state index contributed by atoms with van der Waals surface area (Å²) in [5.41, 5.74) is 0. The quantitative estimate of drug-likeness (QED) is 0.738. The molecule has 0 aromatic carbocycles. The van der Waals surface area contributed by atoms with Gasteiger partial charge in [0.2, 0.25) is 6.36 Å². The lowest BCUT2D eigenvalue weighted by Crippen LogP contribution is -2.45. The second kappa shape index (κ2) is 5.33. The van der Waals surface area contributed by atoms with Crippen LogP contribution in [0.25, 0.3) is 0 Å². The van der Waals surface area contributed by atoms with Crippen LogP contribution in [0.1, 0.15) is 19.3 Å². The molecule has 0 heterocycles. The Kier molecular flexibility index (Phi) is 5.12. The Hall–Kier alpha value is -0.740. The third kappa shape index (κ3) is 4.69. The zero-order valence-corrected chi connectivity index (χ0v) is 8.93. The zero-order valence-electron chi connectivity index (χ0n) is 8.93. The number of hydrogen-bond donors (Lipinski definition) is 1. The Bertz CT molecular complexity index is 294. The molecule has 11 heteroatoms. The van der Waals surface area contributed by atoms with Crippen molar-refractivity contribution >= 4 is 0 Å². The highest BCUT2D eigenvalue weighted by Crippen LogP contribution is 2.46. The van der Waals surface area contributed by atoms with E-state index in [0.29, 0.717) is 0 Å². The number of aliphatic hydroxyl groups excluding tert-OH is 1. The first-order valence-electron chi connectivity index (χ1n) is 4.65. The highest BCUT2D eigenvalue weighted by molar-refractivity contribution is 4.88. The van der Waals surface area contributed by atoms with Crippen LogP contribution in [0.5, 0.6) is 0 Å². The second-order valence-corrected chi connectivity index (χ2v) is 3.75. The van der Waals surface area contributed by atoms with Gasteiger partial charge in [0.15, 0.2) is 0 Å². The molecule has 0 saturated heterocycles. The van der Waals surface area contributed by atoms with Gasteiger partial charge in [-0.3, -0.25) is 0 Å². The van der Waals surface area contributed by atoms with Crippen molar-refractivity contribution in [2.75, 3.05) is 0 Å². The van der Waals surface area contributed by atoms with Crippen molar-refractivity contribution in [2.24, 2.45) is 0 Å². The fourth-order valence-corrected chi connectivity index (χ4v) is 0.999. The van der Waals surface area contributed by atoms with E-state index < -0.39 is 49.6 Å². The summed E-state index contributed by atoms with van der Waals surface area (Å²) in [5, 5.41) is 7.90. The molecule has 0 aliphatic heterocycles. The van der Waals surface area contributed by atoms with E-state index >= 15 is 0 Å². The molecule has 1 nitrogen and oxygen atoms in total. The summed E-state index contributed by atoms with van der Waals surface area (Å²) in [4.78, 5) is 0. The van der Waals surface area contributed by atoms with Gasteiger partial charge in [-0.2, -0.15) is 39.5 Å². The minimum absolute atomic E-state index is 2.41. The van der Waals surface area contributed by atoms with Crippen LogP contribution in [0.3, 0.4) is 0 Å². The molecule has 1 N–H and O–H groups in total. The molecule has 116 valence electrons. The van der Waals surface area contributed by atoms with E-state index in [9.17, 15) is 43.9 Å². The molecule has 0 bridgehead atoms. The predicted octanol–water partition coefficient (Wildman–Crippen LogP) is 3.91. The minimum atomic E-state index is -6.15. The topological polar surface area (TPSA) is 20.2 Å². The molecule has 0 spiro atoms. The monoisotopic (exact) mass is 310 g/mol. The van der Waals surface area contributed by atoms with Gasteiger partial charge in [0.1, 0.15) is 0 Å². The first-order valence-corrected chi connectivity index (χ1v) is 4.65. The van der Waals surface area contributed by atoms with Crippen LogP contribution in [-0.4, -0.2) is 35.4 Å². The molecule has 0 amide bonds.